The summed E-state index contributed by atoms with van der Waals surface area (Å²) in [4.78, 5) is 26.7. The lowest BCUT2D eigenvalue weighted by Gasteiger charge is -2.15. The number of alkyl halides is 3. The first-order valence-corrected chi connectivity index (χ1v) is 17.4. The van der Waals surface area contributed by atoms with E-state index >= 15 is 0 Å². The number of benzene rings is 4. The summed E-state index contributed by atoms with van der Waals surface area (Å²) >= 11 is 0. The Morgan fingerprint density at radius 2 is 1.06 bits per heavy atom. The van der Waals surface area contributed by atoms with Crippen molar-refractivity contribution in [1.29, 1.82) is 0 Å². The molecule has 5 heterocycles. The summed E-state index contributed by atoms with van der Waals surface area (Å²) in [5.41, 5.74) is 8.68. The van der Waals surface area contributed by atoms with Crippen LogP contribution in [-0.4, -0.2) is 31.5 Å². The summed E-state index contributed by atoms with van der Waals surface area (Å²) in [7, 11) is 0. The maximum absolute atomic E-state index is 14.6. The van der Waals surface area contributed by atoms with Gasteiger partial charge in [0.05, 0.1) is 39.4 Å². The average molecular weight is 711 g/mol. The fourth-order valence-electron chi connectivity index (χ4n) is 7.22. The number of halogens is 3. The Kier molecular flexibility index (Phi) is 8.00. The molecule has 0 fully saturated rings. The molecule has 0 radical (unpaired) electrons. The van der Waals surface area contributed by atoms with Crippen molar-refractivity contribution in [1.82, 2.24) is 19.5 Å². The highest BCUT2D eigenvalue weighted by molar-refractivity contribution is 6.30. The number of rotatable bonds is 5. The Bertz CT molecular complexity index is 2800. The molecule has 54 heavy (non-hydrogen) atoms. The molecule has 0 saturated heterocycles. The number of hydrogen-bond donors (Lipinski definition) is 1. The fraction of sp³-hybridized carbons (Fsp3) is 0.0217. The highest BCUT2D eigenvalue weighted by Gasteiger charge is 2.43. The Morgan fingerprint density at radius 3 is 1.63 bits per heavy atom. The van der Waals surface area contributed by atoms with Gasteiger partial charge in [-0.15, -0.1) is 0 Å². The van der Waals surface area contributed by atoms with E-state index < -0.39 is 17.5 Å². The van der Waals surface area contributed by atoms with Crippen molar-refractivity contribution in [3.05, 3.63) is 174 Å². The van der Waals surface area contributed by atoms with Crippen LogP contribution < -0.4 is 0 Å². The molecule has 3 aromatic heterocycles. The number of allylic oxidation sites excluding steroid dienone is 1. The first kappa shape index (κ1) is 32.8. The lowest BCUT2D eigenvalue weighted by atomic mass is 9.91. The molecule has 0 spiro atoms. The lowest BCUT2D eigenvalue weighted by molar-refractivity contribution is -0.164. The monoisotopic (exact) mass is 710 g/mol. The molecule has 260 valence electrons. The number of Topliss-reactive ketones (excluding diaryl/α,β-unsaturated/α-hetero) is 1. The van der Waals surface area contributed by atoms with Crippen LogP contribution >= 0.6 is 0 Å². The Labute approximate surface area is 308 Å². The zero-order valence-electron chi connectivity index (χ0n) is 28.5. The molecule has 5 nitrogen and oxygen atoms in total. The van der Waals surface area contributed by atoms with Gasteiger partial charge in [0.15, 0.2) is 0 Å². The number of aromatic amines is 1. The third-order valence-electron chi connectivity index (χ3n) is 9.48. The number of aromatic nitrogens is 4. The van der Waals surface area contributed by atoms with Gasteiger partial charge in [0, 0.05) is 33.4 Å². The van der Waals surface area contributed by atoms with Gasteiger partial charge >= 0.3 is 6.18 Å². The van der Waals surface area contributed by atoms with Crippen LogP contribution in [0.25, 0.3) is 84.9 Å². The second-order valence-corrected chi connectivity index (χ2v) is 13.0. The molecule has 4 aromatic carbocycles. The van der Waals surface area contributed by atoms with Crippen molar-refractivity contribution in [3.63, 3.8) is 0 Å². The van der Waals surface area contributed by atoms with Crippen LogP contribution in [0.1, 0.15) is 22.8 Å². The summed E-state index contributed by atoms with van der Waals surface area (Å²) in [6.07, 6.45) is -0.0160. The largest absolute Gasteiger partial charge is 0.454 e. The highest BCUT2D eigenvalue weighted by atomic mass is 19.4. The molecule has 8 heteroatoms. The van der Waals surface area contributed by atoms with Crippen LogP contribution in [0.4, 0.5) is 13.2 Å². The zero-order chi connectivity index (χ0) is 36.8. The summed E-state index contributed by atoms with van der Waals surface area (Å²) in [6, 6.07) is 47.8. The fourth-order valence-corrected chi connectivity index (χ4v) is 7.22. The van der Waals surface area contributed by atoms with Crippen molar-refractivity contribution in [2.24, 2.45) is 0 Å². The van der Waals surface area contributed by atoms with Crippen molar-refractivity contribution >= 4 is 51.7 Å². The SMILES string of the molecule is O=C(C1=Cc2cc3ccc(cc4nc(cc5c(-c6ccccc6)c(-c6ccccc6)c(c(-c6ccccc6)c1n2)n5-c1ccccc1)C=C4)[nH]3)C(F)(F)F. The van der Waals surface area contributed by atoms with Gasteiger partial charge < -0.3 is 9.55 Å². The number of para-hydroxylation sites is 1. The zero-order valence-corrected chi connectivity index (χ0v) is 28.5. The average Bonchev–Trinajstić information content (AvgIpc) is 3.99. The number of nitrogens with zero attached hydrogens (tertiary/aromatic N) is 3. The van der Waals surface area contributed by atoms with Crippen molar-refractivity contribution in [2.45, 2.75) is 6.18 Å². The number of carbonyl (C=O) groups is 1. The third-order valence-corrected chi connectivity index (χ3v) is 9.48. The molecule has 0 aliphatic carbocycles. The lowest BCUT2D eigenvalue weighted by Crippen LogP contribution is -2.23. The van der Waals surface area contributed by atoms with Crippen LogP contribution in [0.5, 0.6) is 0 Å². The predicted octanol–water partition coefficient (Wildman–Crippen LogP) is 11.6. The van der Waals surface area contributed by atoms with E-state index in [-0.39, 0.29) is 11.4 Å². The van der Waals surface area contributed by atoms with E-state index in [1.54, 1.807) is 6.07 Å². The third kappa shape index (κ3) is 5.93. The van der Waals surface area contributed by atoms with Gasteiger partial charge in [-0.1, -0.05) is 109 Å². The number of fused-ring (bicyclic) bond motifs is 8. The van der Waals surface area contributed by atoms with Gasteiger partial charge in [-0.3, -0.25) is 4.79 Å². The van der Waals surface area contributed by atoms with E-state index in [1.165, 1.54) is 6.08 Å². The molecule has 0 unspecified atom stereocenters. The standard InChI is InChI=1S/C46H29F3N4O/c47-46(48,49)45(54)38-27-36-26-34-22-21-32(50-34)25-33-23-24-35(51-33)28-39-40(29-13-5-1-6-14-29)41(30-15-7-2-8-16-30)44(53(39)37-19-11-4-12-20-37)42(43(38)52-36)31-17-9-3-10-18-31/h1-28,50H. The molecule has 7 aromatic rings. The first-order chi connectivity index (χ1) is 26.3. The van der Waals surface area contributed by atoms with Crippen molar-refractivity contribution < 1.29 is 18.0 Å². The normalized spacial score (nSPS) is 12.5. The van der Waals surface area contributed by atoms with Gasteiger partial charge in [0.25, 0.3) is 5.78 Å². The minimum atomic E-state index is -5.16. The molecule has 8 bridgehead atoms. The minimum Gasteiger partial charge on any atom is -0.355 e. The van der Waals surface area contributed by atoms with Crippen LogP contribution in [0, 0.1) is 0 Å². The van der Waals surface area contributed by atoms with E-state index in [1.807, 2.05) is 158 Å². The molecule has 0 saturated carbocycles. The first-order valence-electron chi connectivity index (χ1n) is 17.4. The number of carbonyl (C=O) groups excluding carboxylic acids is 1. The molecule has 2 aliphatic heterocycles. The van der Waals surface area contributed by atoms with Gasteiger partial charge in [-0.25, -0.2) is 9.97 Å². The van der Waals surface area contributed by atoms with Crippen LogP contribution in [0.2, 0.25) is 0 Å². The van der Waals surface area contributed by atoms with Crippen molar-refractivity contribution in [2.75, 3.05) is 0 Å². The number of hydrogen-bond acceptors (Lipinski definition) is 3. The molecule has 0 amide bonds. The summed E-state index contributed by atoms with van der Waals surface area (Å²) in [5.74, 6) is -1.97. The maximum atomic E-state index is 14.6. The maximum Gasteiger partial charge on any atom is 0.454 e. The molecular weight excluding hydrogens is 682 g/mol. The van der Waals surface area contributed by atoms with Crippen molar-refractivity contribution in [3.8, 4) is 39.1 Å². The Hall–Kier alpha value is -7.06. The van der Waals surface area contributed by atoms with Gasteiger partial charge in [0.1, 0.15) is 0 Å². The topological polar surface area (TPSA) is 63.6 Å². The number of nitrogens with one attached hydrogen (secondary N) is 1. The number of H-pyrrole nitrogens is 1. The Morgan fingerprint density at radius 1 is 0.556 bits per heavy atom. The quantitative estimate of drug-likeness (QED) is 0.193. The summed E-state index contributed by atoms with van der Waals surface area (Å²) < 4.78 is 45.9. The van der Waals surface area contributed by atoms with Gasteiger partial charge in [-0.05, 0) is 77.4 Å². The molecule has 2 aliphatic rings. The van der Waals surface area contributed by atoms with Crippen LogP contribution in [0.3, 0.4) is 0 Å². The highest BCUT2D eigenvalue weighted by Crippen LogP contribution is 2.48. The summed E-state index contributed by atoms with van der Waals surface area (Å²) in [5, 5.41) is 0. The van der Waals surface area contributed by atoms with Gasteiger partial charge in [-0.2, -0.15) is 13.2 Å². The van der Waals surface area contributed by atoms with E-state index in [4.69, 9.17) is 9.97 Å². The number of ketones is 1. The second kappa shape index (κ2) is 13.2. The smallest absolute Gasteiger partial charge is 0.355 e. The van der Waals surface area contributed by atoms with E-state index in [9.17, 15) is 18.0 Å². The second-order valence-electron chi connectivity index (χ2n) is 13.0. The molecule has 0 atom stereocenters. The minimum absolute atomic E-state index is 0.0769. The molecule has 1 N–H and O–H groups in total. The van der Waals surface area contributed by atoms with E-state index in [0.717, 1.165) is 44.7 Å². The van der Waals surface area contributed by atoms with E-state index in [2.05, 4.69) is 9.55 Å². The van der Waals surface area contributed by atoms with Crippen LogP contribution in [-0.2, 0) is 4.79 Å². The molecule has 9 rings (SSSR count). The Balaban J connectivity index is 1.63. The van der Waals surface area contributed by atoms with Gasteiger partial charge in [0.2, 0.25) is 0 Å². The molecular formula is C46H29F3N4O. The van der Waals surface area contributed by atoms with E-state index in [0.29, 0.717) is 27.9 Å². The predicted molar refractivity (Wildman–Crippen MR) is 210 cm³/mol. The van der Waals surface area contributed by atoms with Crippen LogP contribution in [0.15, 0.2) is 152 Å². The summed E-state index contributed by atoms with van der Waals surface area (Å²) in [6.45, 7) is 0.